The van der Waals surface area contributed by atoms with E-state index in [0.29, 0.717) is 23.4 Å². The number of methoxy groups -OCH3 is 1. The van der Waals surface area contributed by atoms with E-state index >= 15 is 0 Å². The van der Waals surface area contributed by atoms with Crippen LogP contribution in [0.5, 0.6) is 17.2 Å². The monoisotopic (exact) mass is 536 g/mol. The number of carboxylic acid groups (broad SMARTS) is 1. The fourth-order valence-electron chi connectivity index (χ4n) is 3.15. The van der Waals surface area contributed by atoms with Crippen LogP contribution in [0.2, 0.25) is 0 Å². The molecule has 3 rings (SSSR count). The summed E-state index contributed by atoms with van der Waals surface area (Å²) in [6.07, 6.45) is -3.54. The third-order valence-electron chi connectivity index (χ3n) is 4.91. The lowest BCUT2D eigenvalue weighted by Gasteiger charge is -2.16. The second kappa shape index (κ2) is 11.8. The largest absolute Gasteiger partial charge is 0.493 e. The summed E-state index contributed by atoms with van der Waals surface area (Å²) in [5, 5.41) is 17.0. The molecule has 0 radical (unpaired) electrons. The van der Waals surface area contributed by atoms with Gasteiger partial charge in [0.25, 0.3) is 11.1 Å². The zero-order chi connectivity index (χ0) is 27.2. The van der Waals surface area contributed by atoms with E-state index in [4.69, 9.17) is 24.6 Å². The van der Waals surface area contributed by atoms with E-state index in [0.717, 1.165) is 11.0 Å². The Balaban J connectivity index is 1.76. The minimum absolute atomic E-state index is 0.0201. The highest BCUT2D eigenvalue weighted by molar-refractivity contribution is 8.18. The number of amides is 2. The van der Waals surface area contributed by atoms with Gasteiger partial charge in [-0.05, 0) is 53.7 Å². The summed E-state index contributed by atoms with van der Waals surface area (Å²) in [6.45, 7) is -0.125. The number of carbonyl (C=O) groups is 3. The van der Waals surface area contributed by atoms with E-state index in [9.17, 15) is 27.6 Å². The number of benzene rings is 2. The zero-order valence-corrected chi connectivity index (χ0v) is 20.0. The Kier molecular flexibility index (Phi) is 8.80. The summed E-state index contributed by atoms with van der Waals surface area (Å²) in [5.74, 6) is -2.09. The van der Waals surface area contributed by atoms with Gasteiger partial charge in [0.2, 0.25) is 0 Å². The highest BCUT2D eigenvalue weighted by Crippen LogP contribution is 2.41. The van der Waals surface area contributed by atoms with E-state index in [1.54, 1.807) is 6.07 Å². The zero-order valence-electron chi connectivity index (χ0n) is 19.2. The van der Waals surface area contributed by atoms with Gasteiger partial charge in [-0.3, -0.25) is 19.3 Å². The SMILES string of the molecule is COc1cc(/C=C2\SC(=O)N(CCOCCC(=O)O)C2=O)ccc1Oc1ccc(C#N)cc1C(F)(F)F. The van der Waals surface area contributed by atoms with Crippen LogP contribution in [0.15, 0.2) is 41.3 Å². The Morgan fingerprint density at radius 2 is 1.86 bits per heavy atom. The smallest absolute Gasteiger partial charge is 0.420 e. The highest BCUT2D eigenvalue weighted by atomic mass is 32.2. The van der Waals surface area contributed by atoms with E-state index < -0.39 is 34.6 Å². The van der Waals surface area contributed by atoms with Crippen LogP contribution in [-0.2, 0) is 20.5 Å². The van der Waals surface area contributed by atoms with E-state index in [2.05, 4.69) is 0 Å². The number of ether oxygens (including phenoxy) is 3. The molecule has 2 amide bonds. The van der Waals surface area contributed by atoms with Crippen LogP contribution in [0.3, 0.4) is 0 Å². The predicted octanol–water partition coefficient (Wildman–Crippen LogP) is 4.91. The second-order valence-electron chi connectivity index (χ2n) is 7.42. The number of hydrogen-bond acceptors (Lipinski definition) is 8. The van der Waals surface area contributed by atoms with Gasteiger partial charge >= 0.3 is 12.1 Å². The number of imide groups is 1. The minimum atomic E-state index is -4.76. The van der Waals surface area contributed by atoms with Gasteiger partial charge in [0.15, 0.2) is 11.5 Å². The lowest BCUT2D eigenvalue weighted by molar-refractivity contribution is -0.139. The van der Waals surface area contributed by atoms with Gasteiger partial charge in [0.1, 0.15) is 5.75 Å². The number of carbonyl (C=O) groups excluding carboxylic acids is 2. The van der Waals surface area contributed by atoms with Gasteiger partial charge in [-0.2, -0.15) is 18.4 Å². The molecule has 13 heteroatoms. The number of thioether (sulfide) groups is 1. The first kappa shape index (κ1) is 27.6. The summed E-state index contributed by atoms with van der Waals surface area (Å²) in [4.78, 5) is 36.4. The molecular weight excluding hydrogens is 517 g/mol. The van der Waals surface area contributed by atoms with Crippen molar-refractivity contribution in [1.82, 2.24) is 4.90 Å². The molecule has 1 fully saturated rings. The first-order valence-corrected chi connectivity index (χ1v) is 11.4. The summed E-state index contributed by atoms with van der Waals surface area (Å²) >= 11 is 0.699. The highest BCUT2D eigenvalue weighted by Gasteiger charge is 2.36. The maximum Gasteiger partial charge on any atom is 0.420 e. The third-order valence-corrected chi connectivity index (χ3v) is 5.82. The molecule has 37 heavy (non-hydrogen) atoms. The van der Waals surface area contributed by atoms with Gasteiger partial charge in [-0.15, -0.1) is 0 Å². The van der Waals surface area contributed by atoms with E-state index in [-0.39, 0.29) is 48.1 Å². The molecule has 0 spiro atoms. The number of rotatable bonds is 10. The van der Waals surface area contributed by atoms with Crippen LogP contribution in [-0.4, -0.2) is 54.0 Å². The van der Waals surface area contributed by atoms with Crippen molar-refractivity contribution in [2.24, 2.45) is 0 Å². The Morgan fingerprint density at radius 1 is 1.14 bits per heavy atom. The molecule has 1 N–H and O–H groups in total. The van der Waals surface area contributed by atoms with Crippen molar-refractivity contribution in [3.8, 4) is 23.3 Å². The summed E-state index contributed by atoms with van der Waals surface area (Å²) in [6, 6.07) is 8.82. The topological polar surface area (TPSA) is 126 Å². The van der Waals surface area contributed by atoms with Crippen molar-refractivity contribution >= 4 is 35.0 Å². The lowest BCUT2D eigenvalue weighted by atomic mass is 10.1. The van der Waals surface area contributed by atoms with Gasteiger partial charge in [0.05, 0.1) is 55.4 Å². The number of nitrogens with zero attached hydrogens (tertiary/aromatic N) is 2. The fourth-order valence-corrected chi connectivity index (χ4v) is 4.01. The minimum Gasteiger partial charge on any atom is -0.493 e. The molecule has 9 nitrogen and oxygen atoms in total. The van der Waals surface area contributed by atoms with Crippen LogP contribution in [0.4, 0.5) is 18.0 Å². The van der Waals surface area contributed by atoms with Crippen molar-refractivity contribution in [2.45, 2.75) is 12.6 Å². The van der Waals surface area contributed by atoms with Crippen molar-refractivity contribution in [2.75, 3.05) is 26.9 Å². The maximum atomic E-state index is 13.5. The van der Waals surface area contributed by atoms with Gasteiger partial charge in [-0.1, -0.05) is 6.07 Å². The molecule has 2 aromatic rings. The van der Waals surface area contributed by atoms with Gasteiger partial charge < -0.3 is 19.3 Å². The molecule has 1 heterocycles. The number of nitriles is 1. The number of hydrogen-bond donors (Lipinski definition) is 1. The van der Waals surface area contributed by atoms with Crippen LogP contribution >= 0.6 is 11.8 Å². The van der Waals surface area contributed by atoms with Crippen molar-refractivity contribution in [1.29, 1.82) is 5.26 Å². The first-order chi connectivity index (χ1) is 17.5. The molecule has 1 aliphatic rings. The molecule has 1 aliphatic heterocycles. The summed E-state index contributed by atoms with van der Waals surface area (Å²) in [5.41, 5.74) is -0.885. The van der Waals surface area contributed by atoms with E-state index in [1.165, 1.54) is 37.5 Å². The lowest BCUT2D eigenvalue weighted by Crippen LogP contribution is -2.31. The molecule has 0 bridgehead atoms. The number of carboxylic acids is 1. The molecule has 0 aromatic heterocycles. The second-order valence-corrected chi connectivity index (χ2v) is 8.42. The van der Waals surface area contributed by atoms with Crippen molar-refractivity contribution < 1.29 is 46.9 Å². The normalized spacial score (nSPS) is 14.7. The number of alkyl halides is 3. The van der Waals surface area contributed by atoms with Crippen molar-refractivity contribution in [3.63, 3.8) is 0 Å². The van der Waals surface area contributed by atoms with Gasteiger partial charge in [-0.25, -0.2) is 0 Å². The molecule has 2 aromatic carbocycles. The quantitative estimate of drug-likeness (QED) is 0.333. The van der Waals surface area contributed by atoms with Crippen LogP contribution in [0.1, 0.15) is 23.1 Å². The van der Waals surface area contributed by atoms with Crippen LogP contribution < -0.4 is 9.47 Å². The van der Waals surface area contributed by atoms with Crippen molar-refractivity contribution in [3.05, 3.63) is 58.0 Å². The van der Waals surface area contributed by atoms with Crippen LogP contribution in [0.25, 0.3) is 6.08 Å². The number of aliphatic carboxylic acids is 1. The van der Waals surface area contributed by atoms with E-state index in [1.807, 2.05) is 0 Å². The standard InChI is InChI=1S/C24H19F3N2O7S/c1-34-19-11-14(12-20-22(32)29(23(33)37-20)7-9-35-8-6-21(30)31)2-5-18(19)36-17-4-3-15(13-28)10-16(17)24(25,26)27/h2-5,10-12H,6-9H2,1H3,(H,30,31)/b20-12-. The maximum absolute atomic E-state index is 13.5. The Labute approximate surface area is 213 Å². The third kappa shape index (κ3) is 7.02. The summed E-state index contributed by atoms with van der Waals surface area (Å²) in [7, 11) is 1.29. The average molecular weight is 536 g/mol. The average Bonchev–Trinajstić information content (AvgIpc) is 3.11. The molecular formula is C24H19F3N2O7S. The molecule has 0 unspecified atom stereocenters. The molecule has 1 saturated heterocycles. The first-order valence-electron chi connectivity index (χ1n) is 10.6. The fraction of sp³-hybridized carbons (Fsp3) is 0.250. The number of halogens is 3. The summed E-state index contributed by atoms with van der Waals surface area (Å²) < 4.78 is 56.2. The molecule has 194 valence electrons. The van der Waals surface area contributed by atoms with Crippen LogP contribution in [0, 0.1) is 11.3 Å². The van der Waals surface area contributed by atoms with Gasteiger partial charge in [0, 0.05) is 0 Å². The molecule has 0 atom stereocenters. The Hall–Kier alpha value is -4.02. The Morgan fingerprint density at radius 3 is 2.51 bits per heavy atom. The molecule has 0 saturated carbocycles. The predicted molar refractivity (Wildman–Crippen MR) is 125 cm³/mol. The molecule has 0 aliphatic carbocycles. The Bertz CT molecular complexity index is 1290.